The Morgan fingerprint density at radius 2 is 1.50 bits per heavy atom. The van der Waals surface area contributed by atoms with Crippen molar-refractivity contribution in [2.24, 2.45) is 0 Å². The Morgan fingerprint density at radius 3 is 2.16 bits per heavy atom. The zero-order chi connectivity index (χ0) is 35.3. The highest BCUT2D eigenvalue weighted by atomic mass is 16.5. The number of morpholine rings is 1. The minimum atomic E-state index is -0.736. The summed E-state index contributed by atoms with van der Waals surface area (Å²) in [5, 5.41) is 10.6. The van der Waals surface area contributed by atoms with Crippen LogP contribution in [0.3, 0.4) is 0 Å². The average molecular weight is 679 g/mol. The van der Waals surface area contributed by atoms with Crippen LogP contribution in [0.1, 0.15) is 51.3 Å². The molecule has 3 heterocycles. The van der Waals surface area contributed by atoms with Crippen molar-refractivity contribution in [2.45, 2.75) is 52.0 Å². The van der Waals surface area contributed by atoms with E-state index in [4.69, 9.17) is 14.5 Å². The van der Waals surface area contributed by atoms with Crippen LogP contribution in [0.2, 0.25) is 0 Å². The molecule has 0 saturated carbocycles. The monoisotopic (exact) mass is 678 g/mol. The average Bonchev–Trinajstić information content (AvgIpc) is 3.12. The molecule has 0 aliphatic carbocycles. The molecule has 50 heavy (non-hydrogen) atoms. The van der Waals surface area contributed by atoms with Crippen molar-refractivity contribution in [3.63, 3.8) is 0 Å². The lowest BCUT2D eigenvalue weighted by atomic mass is 9.86. The van der Waals surface area contributed by atoms with Crippen molar-refractivity contribution in [1.82, 2.24) is 14.8 Å². The van der Waals surface area contributed by atoms with Crippen LogP contribution >= 0.6 is 0 Å². The molecule has 262 valence electrons. The second kappa shape index (κ2) is 15.3. The van der Waals surface area contributed by atoms with Gasteiger partial charge in [0, 0.05) is 49.9 Å². The third-order valence-corrected chi connectivity index (χ3v) is 9.29. The fourth-order valence-corrected chi connectivity index (χ4v) is 6.49. The smallest absolute Gasteiger partial charge is 0.323 e. The van der Waals surface area contributed by atoms with Gasteiger partial charge in [0.15, 0.2) is 5.75 Å². The summed E-state index contributed by atoms with van der Waals surface area (Å²) in [5.41, 5.74) is 4.82. The van der Waals surface area contributed by atoms with Crippen molar-refractivity contribution >= 4 is 45.7 Å². The van der Waals surface area contributed by atoms with E-state index < -0.39 is 17.8 Å². The molecule has 1 aromatic heterocycles. The zero-order valence-corrected chi connectivity index (χ0v) is 29.3. The molecule has 11 nitrogen and oxygen atoms in total. The molecule has 4 amide bonds. The van der Waals surface area contributed by atoms with Crippen LogP contribution in [0.4, 0.5) is 21.9 Å². The quantitative estimate of drug-likeness (QED) is 0.187. The molecule has 11 heteroatoms. The summed E-state index contributed by atoms with van der Waals surface area (Å²) >= 11 is 0. The van der Waals surface area contributed by atoms with Crippen LogP contribution < -0.4 is 20.7 Å². The number of hydrogen-bond donors (Lipinski definition) is 3. The summed E-state index contributed by atoms with van der Waals surface area (Å²) in [6.45, 7) is 11.3. The molecule has 0 bridgehead atoms. The van der Waals surface area contributed by atoms with Crippen molar-refractivity contribution < 1.29 is 23.9 Å². The van der Waals surface area contributed by atoms with Gasteiger partial charge in [0.2, 0.25) is 0 Å². The second-order valence-electron chi connectivity index (χ2n) is 13.9. The predicted octanol–water partition coefficient (Wildman–Crippen LogP) is 6.64. The maximum absolute atomic E-state index is 13.6. The Balaban J connectivity index is 1.22. The summed E-state index contributed by atoms with van der Waals surface area (Å²) < 4.78 is 11.2. The standard InChI is InChI=1S/C39H46N6O5/c1-39(2,3)27-22-33(41-36(46)37(47)45-16-8-5-9-17-45)35(49-4)34(23-27)43-38(48)42-32-15-14-29(30-10-6-7-11-31(30)32)26-12-13-28(40-24-26)25-44-18-20-50-21-19-44/h6-7,10-15,22-24H,5,8-9,16-21,25H2,1-4H3,(H,41,46)(H2,42,43,48). The molecule has 2 fully saturated rings. The topological polar surface area (TPSA) is 125 Å². The summed E-state index contributed by atoms with van der Waals surface area (Å²) in [5.74, 6) is -1.06. The van der Waals surface area contributed by atoms with Gasteiger partial charge in [-0.3, -0.25) is 19.5 Å². The van der Waals surface area contributed by atoms with E-state index >= 15 is 0 Å². The number of nitrogens with zero attached hydrogens (tertiary/aromatic N) is 3. The number of methoxy groups -OCH3 is 1. The summed E-state index contributed by atoms with van der Waals surface area (Å²) in [6.07, 6.45) is 4.71. The van der Waals surface area contributed by atoms with Crippen LogP contribution in [0.15, 0.2) is 66.9 Å². The number of ether oxygens (including phenoxy) is 2. The molecular formula is C39H46N6O5. The van der Waals surface area contributed by atoms with Gasteiger partial charge in [-0.1, -0.05) is 57.2 Å². The SMILES string of the molecule is COc1c(NC(=O)Nc2ccc(-c3ccc(CN4CCOCC4)nc3)c3ccccc23)cc(C(C)(C)C)cc1NC(=O)C(=O)N1CCCCC1. The van der Waals surface area contributed by atoms with Crippen LogP contribution in [0.25, 0.3) is 21.9 Å². The maximum atomic E-state index is 13.6. The fraction of sp³-hybridized carbons (Fsp3) is 0.385. The number of benzene rings is 3. The van der Waals surface area contributed by atoms with Crippen LogP contribution in [0, 0.1) is 0 Å². The first-order chi connectivity index (χ1) is 24.1. The van der Waals surface area contributed by atoms with Crippen molar-refractivity contribution in [3.8, 4) is 16.9 Å². The van der Waals surface area contributed by atoms with E-state index in [1.165, 1.54) is 7.11 Å². The van der Waals surface area contributed by atoms with Gasteiger partial charge < -0.3 is 30.3 Å². The summed E-state index contributed by atoms with van der Waals surface area (Å²) in [4.78, 5) is 48.3. The van der Waals surface area contributed by atoms with Gasteiger partial charge in [-0.15, -0.1) is 0 Å². The predicted molar refractivity (Wildman–Crippen MR) is 197 cm³/mol. The first-order valence-corrected chi connectivity index (χ1v) is 17.3. The number of likely N-dealkylation sites (tertiary alicyclic amines) is 1. The number of pyridine rings is 1. The highest BCUT2D eigenvalue weighted by Crippen LogP contribution is 2.39. The highest BCUT2D eigenvalue weighted by molar-refractivity contribution is 6.39. The molecule has 6 rings (SSSR count). The number of urea groups is 1. The minimum Gasteiger partial charge on any atom is -0.492 e. The van der Waals surface area contributed by atoms with Crippen molar-refractivity contribution in [3.05, 3.63) is 78.1 Å². The largest absolute Gasteiger partial charge is 0.492 e. The fourth-order valence-electron chi connectivity index (χ4n) is 6.49. The van der Waals surface area contributed by atoms with Gasteiger partial charge in [-0.25, -0.2) is 4.79 Å². The Morgan fingerprint density at radius 1 is 0.820 bits per heavy atom. The van der Waals surface area contributed by atoms with Gasteiger partial charge in [-0.2, -0.15) is 0 Å². The van der Waals surface area contributed by atoms with Gasteiger partial charge in [0.1, 0.15) is 0 Å². The number of amides is 4. The number of carbonyl (C=O) groups is 3. The van der Waals surface area contributed by atoms with E-state index in [9.17, 15) is 14.4 Å². The molecule has 0 radical (unpaired) electrons. The Hall–Kier alpha value is -5.00. The lowest BCUT2D eigenvalue weighted by Gasteiger charge is -2.27. The first-order valence-electron chi connectivity index (χ1n) is 17.3. The third kappa shape index (κ3) is 8.06. The lowest BCUT2D eigenvalue weighted by molar-refractivity contribution is -0.143. The first kappa shape index (κ1) is 34.8. The Labute approximate surface area is 293 Å². The summed E-state index contributed by atoms with van der Waals surface area (Å²) in [7, 11) is 1.47. The van der Waals surface area contributed by atoms with E-state index in [1.807, 2.05) is 69.4 Å². The van der Waals surface area contributed by atoms with Crippen LogP contribution in [-0.4, -0.2) is 79.1 Å². The second-order valence-corrected chi connectivity index (χ2v) is 13.9. The number of anilines is 3. The lowest BCUT2D eigenvalue weighted by Crippen LogP contribution is -2.42. The van der Waals surface area contributed by atoms with Gasteiger partial charge >= 0.3 is 17.8 Å². The molecule has 3 aromatic carbocycles. The van der Waals surface area contributed by atoms with Gasteiger partial charge in [-0.05, 0) is 65.5 Å². The zero-order valence-electron chi connectivity index (χ0n) is 29.3. The third-order valence-electron chi connectivity index (χ3n) is 9.29. The van der Waals surface area contributed by atoms with Crippen LogP contribution in [-0.2, 0) is 26.3 Å². The van der Waals surface area contributed by atoms with Gasteiger partial charge in [0.05, 0.1) is 43.1 Å². The van der Waals surface area contributed by atoms with E-state index in [2.05, 4.69) is 33.0 Å². The molecule has 0 unspecified atom stereocenters. The summed E-state index contributed by atoms with van der Waals surface area (Å²) in [6, 6.07) is 19.1. The number of fused-ring (bicyclic) bond motifs is 1. The molecule has 2 saturated heterocycles. The molecule has 0 spiro atoms. The number of piperidine rings is 1. The van der Waals surface area contributed by atoms with Crippen LogP contribution in [0.5, 0.6) is 5.75 Å². The number of hydrogen-bond acceptors (Lipinski definition) is 7. The molecular weight excluding hydrogens is 632 g/mol. The Bertz CT molecular complexity index is 1860. The molecule has 2 aliphatic rings. The van der Waals surface area contributed by atoms with E-state index in [0.717, 1.165) is 85.3 Å². The van der Waals surface area contributed by atoms with Crippen molar-refractivity contribution in [2.75, 3.05) is 62.5 Å². The molecule has 4 aromatic rings. The number of aromatic nitrogens is 1. The van der Waals surface area contributed by atoms with Crippen molar-refractivity contribution in [1.29, 1.82) is 0 Å². The molecule has 3 N–H and O–H groups in total. The number of rotatable bonds is 7. The van der Waals surface area contributed by atoms with Gasteiger partial charge in [0.25, 0.3) is 0 Å². The maximum Gasteiger partial charge on any atom is 0.323 e. The minimum absolute atomic E-state index is 0.248. The van der Waals surface area contributed by atoms with E-state index in [0.29, 0.717) is 30.2 Å². The van der Waals surface area contributed by atoms with E-state index in [1.54, 1.807) is 11.0 Å². The molecule has 0 atom stereocenters. The highest BCUT2D eigenvalue weighted by Gasteiger charge is 2.27. The number of carbonyl (C=O) groups excluding carboxylic acids is 3. The molecule has 2 aliphatic heterocycles. The Kier molecular flexibility index (Phi) is 10.6. The number of nitrogens with one attached hydrogen (secondary N) is 3. The van der Waals surface area contributed by atoms with E-state index in [-0.39, 0.29) is 11.2 Å². The normalized spacial score (nSPS) is 15.4.